The van der Waals surface area contributed by atoms with Crippen molar-refractivity contribution in [1.29, 1.82) is 0 Å². The highest BCUT2D eigenvalue weighted by molar-refractivity contribution is 6.04. The van der Waals surface area contributed by atoms with Gasteiger partial charge in [-0.05, 0) is 32.0 Å². The first-order valence-corrected chi connectivity index (χ1v) is 7.27. The second-order valence-corrected chi connectivity index (χ2v) is 5.33. The van der Waals surface area contributed by atoms with Gasteiger partial charge in [-0.2, -0.15) is 0 Å². The van der Waals surface area contributed by atoms with E-state index in [0.29, 0.717) is 23.5 Å². The first-order valence-electron chi connectivity index (χ1n) is 7.27. The minimum atomic E-state index is -0.586. The van der Waals surface area contributed by atoms with Crippen LogP contribution in [0.2, 0.25) is 0 Å². The standard InChI is InChI=1S/C15H19N3O3.ClH/c1-10-14(19)17-12-5-2-4-11(13(12)21-10)15(20)18-8-3-6-16-7-9-18;/h2,4-5,10,16H,3,6-9H2,1H3,(H,17,19);1H. The number of fused-ring (bicyclic) bond motifs is 1. The van der Waals surface area contributed by atoms with E-state index in [1.807, 2.05) is 4.90 Å². The van der Waals surface area contributed by atoms with Gasteiger partial charge in [0.25, 0.3) is 11.8 Å². The Morgan fingerprint density at radius 3 is 2.95 bits per heavy atom. The van der Waals surface area contributed by atoms with E-state index in [-0.39, 0.29) is 24.2 Å². The zero-order valence-electron chi connectivity index (χ0n) is 12.4. The van der Waals surface area contributed by atoms with Crippen LogP contribution in [0.15, 0.2) is 18.2 Å². The smallest absolute Gasteiger partial charge is 0.265 e. The van der Waals surface area contributed by atoms with Crippen molar-refractivity contribution < 1.29 is 14.3 Å². The normalized spacial score (nSPS) is 20.9. The Bertz CT molecular complexity index is 571. The van der Waals surface area contributed by atoms with Crippen LogP contribution in [0.4, 0.5) is 5.69 Å². The number of ether oxygens (including phenoxy) is 1. The predicted octanol–water partition coefficient (Wildman–Crippen LogP) is 1.26. The van der Waals surface area contributed by atoms with Crippen LogP contribution >= 0.6 is 12.4 Å². The van der Waals surface area contributed by atoms with Gasteiger partial charge in [-0.25, -0.2) is 0 Å². The van der Waals surface area contributed by atoms with E-state index in [0.717, 1.165) is 26.1 Å². The van der Waals surface area contributed by atoms with E-state index in [1.54, 1.807) is 25.1 Å². The minimum Gasteiger partial charge on any atom is -0.478 e. The molecule has 0 bridgehead atoms. The molecule has 1 saturated heterocycles. The zero-order valence-corrected chi connectivity index (χ0v) is 13.2. The number of para-hydroxylation sites is 1. The van der Waals surface area contributed by atoms with Gasteiger partial charge in [-0.15, -0.1) is 12.4 Å². The second-order valence-electron chi connectivity index (χ2n) is 5.33. The van der Waals surface area contributed by atoms with Gasteiger partial charge in [-0.1, -0.05) is 6.07 Å². The molecule has 22 heavy (non-hydrogen) atoms. The summed E-state index contributed by atoms with van der Waals surface area (Å²) in [5, 5.41) is 6.05. The molecule has 2 heterocycles. The number of rotatable bonds is 1. The quantitative estimate of drug-likeness (QED) is 0.815. The fourth-order valence-electron chi connectivity index (χ4n) is 2.61. The Hall–Kier alpha value is -1.79. The number of halogens is 1. The molecule has 2 aliphatic rings. The lowest BCUT2D eigenvalue weighted by Gasteiger charge is -2.27. The summed E-state index contributed by atoms with van der Waals surface area (Å²) < 4.78 is 5.64. The fourth-order valence-corrected chi connectivity index (χ4v) is 2.61. The Balaban J connectivity index is 0.00000176. The van der Waals surface area contributed by atoms with Crippen molar-refractivity contribution in [2.75, 3.05) is 31.5 Å². The molecule has 0 spiro atoms. The maximum absolute atomic E-state index is 12.7. The fraction of sp³-hybridized carbons (Fsp3) is 0.467. The molecule has 2 N–H and O–H groups in total. The third kappa shape index (κ3) is 3.18. The van der Waals surface area contributed by atoms with E-state index in [2.05, 4.69) is 10.6 Å². The average Bonchev–Trinajstić information content (AvgIpc) is 2.76. The number of benzene rings is 1. The van der Waals surface area contributed by atoms with E-state index in [1.165, 1.54) is 0 Å². The van der Waals surface area contributed by atoms with Crippen LogP contribution in [0, 0.1) is 0 Å². The number of hydrogen-bond acceptors (Lipinski definition) is 4. The number of carbonyl (C=O) groups excluding carboxylic acids is 2. The van der Waals surface area contributed by atoms with Crippen molar-refractivity contribution in [3.63, 3.8) is 0 Å². The molecule has 3 rings (SSSR count). The highest BCUT2D eigenvalue weighted by atomic mass is 35.5. The van der Waals surface area contributed by atoms with Crippen molar-refractivity contribution in [1.82, 2.24) is 10.2 Å². The Labute approximate surface area is 135 Å². The van der Waals surface area contributed by atoms with Crippen molar-refractivity contribution >= 4 is 29.9 Å². The van der Waals surface area contributed by atoms with Gasteiger partial charge in [0, 0.05) is 19.6 Å². The van der Waals surface area contributed by atoms with Crippen LogP contribution in [0.3, 0.4) is 0 Å². The Kier molecular flexibility index (Phi) is 5.26. The van der Waals surface area contributed by atoms with E-state index in [9.17, 15) is 9.59 Å². The lowest BCUT2D eigenvalue weighted by Crippen LogP contribution is -2.37. The minimum absolute atomic E-state index is 0. The number of nitrogens with zero attached hydrogens (tertiary/aromatic N) is 1. The van der Waals surface area contributed by atoms with Gasteiger partial charge >= 0.3 is 0 Å². The maximum Gasteiger partial charge on any atom is 0.265 e. The van der Waals surface area contributed by atoms with Crippen LogP contribution in [0.25, 0.3) is 0 Å². The summed E-state index contributed by atoms with van der Waals surface area (Å²) in [6.45, 7) is 4.83. The molecule has 0 radical (unpaired) electrons. The summed E-state index contributed by atoms with van der Waals surface area (Å²) >= 11 is 0. The van der Waals surface area contributed by atoms with Gasteiger partial charge in [0.15, 0.2) is 11.9 Å². The summed E-state index contributed by atoms with van der Waals surface area (Å²) in [6.07, 6.45) is 0.353. The molecular weight excluding hydrogens is 306 g/mol. The first-order chi connectivity index (χ1) is 10.2. The highest BCUT2D eigenvalue weighted by Gasteiger charge is 2.29. The largest absolute Gasteiger partial charge is 0.478 e. The molecule has 1 unspecified atom stereocenters. The molecule has 0 aliphatic carbocycles. The number of carbonyl (C=O) groups is 2. The Morgan fingerprint density at radius 1 is 1.32 bits per heavy atom. The van der Waals surface area contributed by atoms with Gasteiger partial charge in [0.2, 0.25) is 0 Å². The highest BCUT2D eigenvalue weighted by Crippen LogP contribution is 2.34. The SMILES string of the molecule is CC1Oc2c(cccc2C(=O)N2CCCNCC2)NC1=O.Cl. The number of anilines is 1. The first kappa shape index (κ1) is 16.6. The zero-order chi connectivity index (χ0) is 14.8. The van der Waals surface area contributed by atoms with Gasteiger partial charge in [0.1, 0.15) is 0 Å². The number of hydrogen-bond donors (Lipinski definition) is 2. The molecule has 1 aromatic rings. The van der Waals surface area contributed by atoms with Crippen LogP contribution in [0.5, 0.6) is 5.75 Å². The molecule has 1 aromatic carbocycles. The topological polar surface area (TPSA) is 70.7 Å². The van der Waals surface area contributed by atoms with Crippen LogP contribution in [0.1, 0.15) is 23.7 Å². The lowest BCUT2D eigenvalue weighted by molar-refractivity contribution is -0.122. The molecule has 120 valence electrons. The van der Waals surface area contributed by atoms with E-state index < -0.39 is 6.10 Å². The van der Waals surface area contributed by atoms with Gasteiger partial charge in [0.05, 0.1) is 11.3 Å². The van der Waals surface area contributed by atoms with E-state index in [4.69, 9.17) is 4.74 Å². The maximum atomic E-state index is 12.7. The van der Waals surface area contributed by atoms with Crippen molar-refractivity contribution in [2.24, 2.45) is 0 Å². The summed E-state index contributed by atoms with van der Waals surface area (Å²) in [4.78, 5) is 26.2. The lowest BCUT2D eigenvalue weighted by atomic mass is 10.1. The predicted molar refractivity (Wildman–Crippen MR) is 85.8 cm³/mol. The molecular formula is C15H20ClN3O3. The molecule has 6 nitrogen and oxygen atoms in total. The van der Waals surface area contributed by atoms with E-state index >= 15 is 0 Å². The number of nitrogens with one attached hydrogen (secondary N) is 2. The molecule has 1 fully saturated rings. The summed E-state index contributed by atoms with van der Waals surface area (Å²) in [7, 11) is 0. The second kappa shape index (κ2) is 6.98. The van der Waals surface area contributed by atoms with Crippen LogP contribution < -0.4 is 15.4 Å². The van der Waals surface area contributed by atoms with Crippen LogP contribution in [-0.2, 0) is 4.79 Å². The molecule has 7 heteroatoms. The van der Waals surface area contributed by atoms with Crippen molar-refractivity contribution in [3.8, 4) is 5.75 Å². The molecule has 2 aliphatic heterocycles. The number of amides is 2. The third-order valence-corrected chi connectivity index (χ3v) is 3.79. The third-order valence-electron chi connectivity index (χ3n) is 3.79. The Morgan fingerprint density at radius 2 is 2.14 bits per heavy atom. The molecule has 2 amide bonds. The molecule has 0 aromatic heterocycles. The summed E-state index contributed by atoms with van der Waals surface area (Å²) in [5.41, 5.74) is 1.08. The van der Waals surface area contributed by atoms with Crippen molar-refractivity contribution in [3.05, 3.63) is 23.8 Å². The average molecular weight is 326 g/mol. The van der Waals surface area contributed by atoms with Crippen molar-refractivity contribution in [2.45, 2.75) is 19.4 Å². The summed E-state index contributed by atoms with van der Waals surface area (Å²) in [5.74, 6) is 0.247. The van der Waals surface area contributed by atoms with Gasteiger partial charge < -0.3 is 20.3 Å². The molecule has 1 atom stereocenters. The monoisotopic (exact) mass is 325 g/mol. The van der Waals surface area contributed by atoms with Crippen LogP contribution in [-0.4, -0.2) is 49.0 Å². The summed E-state index contributed by atoms with van der Waals surface area (Å²) in [6, 6.07) is 5.27. The molecule has 0 saturated carbocycles. The van der Waals surface area contributed by atoms with Gasteiger partial charge in [-0.3, -0.25) is 9.59 Å².